The number of urea groups is 1. The van der Waals surface area contributed by atoms with E-state index >= 15 is 0 Å². The molecular weight excluding hydrogens is 342 g/mol. The highest BCUT2D eigenvalue weighted by Crippen LogP contribution is 2.20. The number of benzene rings is 2. The number of hydrogen-bond donors (Lipinski definition) is 2. The van der Waals surface area contributed by atoms with E-state index in [-0.39, 0.29) is 6.03 Å². The van der Waals surface area contributed by atoms with Crippen molar-refractivity contribution >= 4 is 27.6 Å². The lowest BCUT2D eigenvalue weighted by molar-refractivity contribution is 0.251. The normalized spacial score (nSPS) is 10.5. The third-order valence-corrected chi connectivity index (χ3v) is 3.76. The minimum Gasteiger partial charge on any atom is -0.334 e. The fourth-order valence-corrected chi connectivity index (χ4v) is 2.50. The molecule has 22 heavy (non-hydrogen) atoms. The van der Waals surface area contributed by atoms with Gasteiger partial charge in [-0.2, -0.15) is 0 Å². The van der Waals surface area contributed by atoms with Crippen LogP contribution in [0.4, 0.5) is 10.5 Å². The third-order valence-electron chi connectivity index (χ3n) is 3.07. The Balaban J connectivity index is 1.90. The van der Waals surface area contributed by atoms with E-state index in [1.807, 2.05) is 50.5 Å². The van der Waals surface area contributed by atoms with Crippen molar-refractivity contribution in [1.29, 1.82) is 0 Å². The number of carbonyl (C=O) groups is 1. The van der Waals surface area contributed by atoms with Gasteiger partial charge in [0.05, 0.1) is 5.69 Å². The summed E-state index contributed by atoms with van der Waals surface area (Å²) < 4.78 is 0.859. The number of carbonyl (C=O) groups excluding carboxylic acids is 1. The molecule has 0 aliphatic heterocycles. The van der Waals surface area contributed by atoms with E-state index in [1.54, 1.807) is 0 Å². The number of hydrogen-bond acceptors (Lipinski definition) is 2. The molecule has 0 spiro atoms. The van der Waals surface area contributed by atoms with Crippen LogP contribution >= 0.6 is 15.9 Å². The second-order valence-corrected chi connectivity index (χ2v) is 6.20. The SMILES string of the molecule is CN(C)Cc1cccc(CNC(=O)Nc2ccccc2Br)c1. The summed E-state index contributed by atoms with van der Waals surface area (Å²) in [4.78, 5) is 14.1. The largest absolute Gasteiger partial charge is 0.334 e. The molecule has 0 saturated heterocycles. The van der Waals surface area contributed by atoms with E-state index in [9.17, 15) is 4.79 Å². The first-order chi connectivity index (χ1) is 10.5. The second kappa shape index (κ2) is 7.96. The molecule has 0 aromatic heterocycles. The zero-order chi connectivity index (χ0) is 15.9. The van der Waals surface area contributed by atoms with Crippen molar-refractivity contribution in [2.45, 2.75) is 13.1 Å². The average Bonchev–Trinajstić information content (AvgIpc) is 2.47. The van der Waals surface area contributed by atoms with Crippen LogP contribution in [0.25, 0.3) is 0 Å². The first-order valence-electron chi connectivity index (χ1n) is 7.06. The number of para-hydroxylation sites is 1. The van der Waals surface area contributed by atoms with Crippen LogP contribution in [0.1, 0.15) is 11.1 Å². The van der Waals surface area contributed by atoms with Crippen molar-refractivity contribution in [3.05, 3.63) is 64.1 Å². The molecule has 2 aromatic rings. The van der Waals surface area contributed by atoms with Crippen LogP contribution in [0.3, 0.4) is 0 Å². The first kappa shape index (κ1) is 16.5. The van der Waals surface area contributed by atoms with Crippen LogP contribution in [0, 0.1) is 0 Å². The number of anilines is 1. The topological polar surface area (TPSA) is 44.4 Å². The highest BCUT2D eigenvalue weighted by molar-refractivity contribution is 9.10. The maximum Gasteiger partial charge on any atom is 0.319 e. The maximum atomic E-state index is 11.9. The molecule has 0 bridgehead atoms. The number of nitrogens with one attached hydrogen (secondary N) is 2. The molecule has 2 aromatic carbocycles. The van der Waals surface area contributed by atoms with Crippen LogP contribution in [0.2, 0.25) is 0 Å². The first-order valence-corrected chi connectivity index (χ1v) is 7.86. The standard InChI is InChI=1S/C17H20BrN3O/c1-21(2)12-14-7-5-6-13(10-14)11-19-17(22)20-16-9-4-3-8-15(16)18/h3-10H,11-12H2,1-2H3,(H2,19,20,22). The van der Waals surface area contributed by atoms with Gasteiger partial charge in [0.15, 0.2) is 0 Å². The van der Waals surface area contributed by atoms with E-state index < -0.39 is 0 Å². The number of amides is 2. The van der Waals surface area contributed by atoms with Gasteiger partial charge in [0, 0.05) is 17.6 Å². The second-order valence-electron chi connectivity index (χ2n) is 5.35. The van der Waals surface area contributed by atoms with Crippen molar-refractivity contribution < 1.29 is 4.79 Å². The lowest BCUT2D eigenvalue weighted by Gasteiger charge is -2.12. The van der Waals surface area contributed by atoms with Crippen LogP contribution in [-0.2, 0) is 13.1 Å². The van der Waals surface area contributed by atoms with Crippen molar-refractivity contribution in [1.82, 2.24) is 10.2 Å². The summed E-state index contributed by atoms with van der Waals surface area (Å²) in [6.45, 7) is 1.38. The number of rotatable bonds is 5. The molecule has 0 aliphatic rings. The Morgan fingerprint density at radius 3 is 2.55 bits per heavy atom. The summed E-state index contributed by atoms with van der Waals surface area (Å²) in [5.41, 5.74) is 3.07. The van der Waals surface area contributed by atoms with Gasteiger partial charge in [0.1, 0.15) is 0 Å². The van der Waals surface area contributed by atoms with Crippen molar-refractivity contribution in [2.75, 3.05) is 19.4 Å². The van der Waals surface area contributed by atoms with Crippen molar-refractivity contribution in [3.63, 3.8) is 0 Å². The molecule has 0 radical (unpaired) electrons. The Hall–Kier alpha value is -1.85. The Morgan fingerprint density at radius 1 is 1.09 bits per heavy atom. The summed E-state index contributed by atoms with van der Waals surface area (Å²) in [7, 11) is 4.08. The summed E-state index contributed by atoms with van der Waals surface area (Å²) in [6.07, 6.45) is 0. The highest BCUT2D eigenvalue weighted by atomic mass is 79.9. The van der Waals surface area contributed by atoms with Crippen LogP contribution in [-0.4, -0.2) is 25.0 Å². The highest BCUT2D eigenvalue weighted by Gasteiger charge is 2.05. The molecule has 0 aliphatic carbocycles. The van der Waals surface area contributed by atoms with Gasteiger partial charge >= 0.3 is 6.03 Å². The molecule has 0 atom stereocenters. The molecule has 2 N–H and O–H groups in total. The van der Waals surface area contributed by atoms with E-state index in [4.69, 9.17) is 0 Å². The fourth-order valence-electron chi connectivity index (χ4n) is 2.11. The Labute approximate surface area is 139 Å². The van der Waals surface area contributed by atoms with Gasteiger partial charge in [-0.3, -0.25) is 0 Å². The number of nitrogens with zero attached hydrogens (tertiary/aromatic N) is 1. The minimum absolute atomic E-state index is 0.218. The monoisotopic (exact) mass is 361 g/mol. The zero-order valence-corrected chi connectivity index (χ0v) is 14.4. The molecule has 0 heterocycles. The lowest BCUT2D eigenvalue weighted by atomic mass is 10.1. The van der Waals surface area contributed by atoms with Gasteiger partial charge in [0.25, 0.3) is 0 Å². The molecule has 0 saturated carbocycles. The van der Waals surface area contributed by atoms with Gasteiger partial charge < -0.3 is 15.5 Å². The Bertz CT molecular complexity index is 643. The predicted molar refractivity (Wildman–Crippen MR) is 93.8 cm³/mol. The maximum absolute atomic E-state index is 11.9. The van der Waals surface area contributed by atoms with Crippen LogP contribution < -0.4 is 10.6 Å². The summed E-state index contributed by atoms with van der Waals surface area (Å²) in [6, 6.07) is 15.5. The predicted octanol–water partition coefficient (Wildman–Crippen LogP) is 3.83. The lowest BCUT2D eigenvalue weighted by Crippen LogP contribution is -2.28. The zero-order valence-electron chi connectivity index (χ0n) is 12.8. The van der Waals surface area contributed by atoms with E-state index in [0.717, 1.165) is 22.3 Å². The molecule has 2 rings (SSSR count). The van der Waals surface area contributed by atoms with Crippen LogP contribution in [0.15, 0.2) is 53.0 Å². The summed E-state index contributed by atoms with van der Waals surface area (Å²) in [5, 5.41) is 5.69. The van der Waals surface area contributed by atoms with Crippen molar-refractivity contribution in [2.24, 2.45) is 0 Å². The molecule has 0 unspecified atom stereocenters. The van der Waals surface area contributed by atoms with Crippen molar-refractivity contribution in [3.8, 4) is 0 Å². The van der Waals surface area contributed by atoms with Crippen LogP contribution in [0.5, 0.6) is 0 Å². The van der Waals surface area contributed by atoms with Gasteiger partial charge in [-0.1, -0.05) is 36.4 Å². The summed E-state index contributed by atoms with van der Waals surface area (Å²) >= 11 is 3.41. The Morgan fingerprint density at radius 2 is 1.82 bits per heavy atom. The number of halogens is 1. The average molecular weight is 362 g/mol. The molecule has 5 heteroatoms. The van der Waals surface area contributed by atoms with Gasteiger partial charge in [-0.25, -0.2) is 4.79 Å². The molecule has 0 fully saturated rings. The fraction of sp³-hybridized carbons (Fsp3) is 0.235. The third kappa shape index (κ3) is 5.16. The molecule has 4 nitrogen and oxygen atoms in total. The molecule has 2 amide bonds. The molecular formula is C17H20BrN3O. The minimum atomic E-state index is -0.218. The smallest absolute Gasteiger partial charge is 0.319 e. The van der Waals surface area contributed by atoms with Gasteiger partial charge in [-0.05, 0) is 53.3 Å². The van der Waals surface area contributed by atoms with E-state index in [2.05, 4.69) is 43.6 Å². The summed E-state index contributed by atoms with van der Waals surface area (Å²) in [5.74, 6) is 0. The van der Waals surface area contributed by atoms with E-state index in [0.29, 0.717) is 6.54 Å². The van der Waals surface area contributed by atoms with Gasteiger partial charge in [-0.15, -0.1) is 0 Å². The Kier molecular flexibility index (Phi) is 5.98. The molecule has 116 valence electrons. The van der Waals surface area contributed by atoms with Gasteiger partial charge in [0.2, 0.25) is 0 Å². The quantitative estimate of drug-likeness (QED) is 0.849. The van der Waals surface area contributed by atoms with E-state index in [1.165, 1.54) is 5.56 Å².